The highest BCUT2D eigenvalue weighted by atomic mass is 35.5. The summed E-state index contributed by atoms with van der Waals surface area (Å²) in [6, 6.07) is 4.33. The topological polar surface area (TPSA) is 21.7 Å². The van der Waals surface area contributed by atoms with Crippen LogP contribution in [0.25, 0.3) is 0 Å². The minimum atomic E-state index is 0. The van der Waals surface area contributed by atoms with Gasteiger partial charge in [0.25, 0.3) is 0 Å². The SMILES string of the molecule is Cc1cc(C)c(OCC=CCN2CCOCC2)c(C)c1.Cl. The average Bonchev–Trinajstić information content (AvgIpc) is 2.42. The molecule has 21 heavy (non-hydrogen) atoms. The Bertz CT molecular complexity index is 445. The summed E-state index contributed by atoms with van der Waals surface area (Å²) in [7, 11) is 0. The van der Waals surface area contributed by atoms with Crippen LogP contribution in [0.3, 0.4) is 0 Å². The maximum atomic E-state index is 5.88. The molecule has 0 amide bonds. The van der Waals surface area contributed by atoms with E-state index in [9.17, 15) is 0 Å². The molecule has 1 fully saturated rings. The van der Waals surface area contributed by atoms with Crippen molar-refractivity contribution in [1.29, 1.82) is 0 Å². The van der Waals surface area contributed by atoms with Crippen LogP contribution in [-0.4, -0.2) is 44.4 Å². The highest BCUT2D eigenvalue weighted by molar-refractivity contribution is 5.85. The van der Waals surface area contributed by atoms with E-state index < -0.39 is 0 Å². The molecule has 0 atom stereocenters. The van der Waals surface area contributed by atoms with E-state index in [0.29, 0.717) is 6.61 Å². The van der Waals surface area contributed by atoms with Crippen LogP contribution < -0.4 is 4.74 Å². The molecule has 1 saturated heterocycles. The molecule has 1 aliphatic rings. The zero-order chi connectivity index (χ0) is 14.4. The van der Waals surface area contributed by atoms with E-state index in [-0.39, 0.29) is 12.4 Å². The molecule has 2 rings (SSSR count). The lowest BCUT2D eigenvalue weighted by atomic mass is 10.1. The van der Waals surface area contributed by atoms with Crippen molar-refractivity contribution in [1.82, 2.24) is 4.90 Å². The number of nitrogens with zero attached hydrogens (tertiary/aromatic N) is 1. The number of aryl methyl sites for hydroxylation is 3. The standard InChI is InChI=1S/C17H25NO2.ClH/c1-14-12-15(2)17(16(3)13-14)20-9-5-4-6-18-7-10-19-11-8-18;/h4-5,12-13H,6-11H2,1-3H3;1H. The third-order valence-electron chi connectivity index (χ3n) is 3.56. The molecule has 1 aromatic carbocycles. The van der Waals surface area contributed by atoms with Crippen LogP contribution in [0, 0.1) is 20.8 Å². The van der Waals surface area contributed by atoms with Crippen molar-refractivity contribution in [3.8, 4) is 5.75 Å². The zero-order valence-electron chi connectivity index (χ0n) is 13.2. The molecule has 0 aromatic heterocycles. The highest BCUT2D eigenvalue weighted by Crippen LogP contribution is 2.24. The van der Waals surface area contributed by atoms with Crippen LogP contribution in [0.4, 0.5) is 0 Å². The van der Waals surface area contributed by atoms with Crippen LogP contribution in [0.15, 0.2) is 24.3 Å². The minimum absolute atomic E-state index is 0. The molecule has 0 spiro atoms. The number of ether oxygens (including phenoxy) is 2. The summed E-state index contributed by atoms with van der Waals surface area (Å²) < 4.78 is 11.2. The molecule has 0 N–H and O–H groups in total. The van der Waals surface area contributed by atoms with Gasteiger partial charge in [0.15, 0.2) is 0 Å². The molecule has 0 bridgehead atoms. The van der Waals surface area contributed by atoms with Gasteiger partial charge in [0, 0.05) is 19.6 Å². The predicted octanol–water partition coefficient (Wildman–Crippen LogP) is 3.30. The van der Waals surface area contributed by atoms with Gasteiger partial charge in [-0.3, -0.25) is 4.90 Å². The third-order valence-corrected chi connectivity index (χ3v) is 3.56. The fraction of sp³-hybridized carbons (Fsp3) is 0.529. The number of hydrogen-bond acceptors (Lipinski definition) is 3. The molecule has 0 radical (unpaired) electrons. The van der Waals surface area contributed by atoms with Crippen LogP contribution in [0.1, 0.15) is 16.7 Å². The second-order valence-electron chi connectivity index (χ2n) is 5.42. The Labute approximate surface area is 134 Å². The second kappa shape index (κ2) is 9.08. The smallest absolute Gasteiger partial charge is 0.125 e. The van der Waals surface area contributed by atoms with Gasteiger partial charge in [-0.05, 0) is 31.9 Å². The van der Waals surface area contributed by atoms with Crippen LogP contribution in [-0.2, 0) is 4.74 Å². The number of rotatable bonds is 5. The molecule has 0 aliphatic carbocycles. The van der Waals surface area contributed by atoms with Crippen molar-refractivity contribution < 1.29 is 9.47 Å². The summed E-state index contributed by atoms with van der Waals surface area (Å²) >= 11 is 0. The minimum Gasteiger partial charge on any atom is -0.489 e. The number of hydrogen-bond donors (Lipinski definition) is 0. The Morgan fingerprint density at radius 2 is 1.71 bits per heavy atom. The number of morpholine rings is 1. The van der Waals surface area contributed by atoms with Crippen molar-refractivity contribution >= 4 is 12.4 Å². The normalized spacial score (nSPS) is 16.0. The van der Waals surface area contributed by atoms with Crippen molar-refractivity contribution in [3.05, 3.63) is 41.0 Å². The average molecular weight is 312 g/mol. The Morgan fingerprint density at radius 1 is 1.10 bits per heavy atom. The van der Waals surface area contributed by atoms with Gasteiger partial charge in [0.1, 0.15) is 12.4 Å². The summed E-state index contributed by atoms with van der Waals surface area (Å²) in [6.45, 7) is 11.7. The molecule has 1 aromatic rings. The molecule has 0 unspecified atom stereocenters. The zero-order valence-corrected chi connectivity index (χ0v) is 14.0. The van der Waals surface area contributed by atoms with Gasteiger partial charge in [-0.2, -0.15) is 0 Å². The lowest BCUT2D eigenvalue weighted by molar-refractivity contribution is 0.0434. The van der Waals surface area contributed by atoms with E-state index in [1.165, 1.54) is 16.7 Å². The summed E-state index contributed by atoms with van der Waals surface area (Å²) in [5.74, 6) is 1.02. The largest absolute Gasteiger partial charge is 0.489 e. The first-order valence-corrected chi connectivity index (χ1v) is 7.32. The van der Waals surface area contributed by atoms with E-state index in [1.54, 1.807) is 0 Å². The van der Waals surface area contributed by atoms with Crippen LogP contribution >= 0.6 is 12.4 Å². The predicted molar refractivity (Wildman–Crippen MR) is 89.8 cm³/mol. The number of halogens is 1. The first kappa shape index (κ1) is 18.0. The van der Waals surface area contributed by atoms with Gasteiger partial charge in [0.2, 0.25) is 0 Å². The summed E-state index contributed by atoms with van der Waals surface area (Å²) in [5, 5.41) is 0. The van der Waals surface area contributed by atoms with Gasteiger partial charge in [-0.1, -0.05) is 29.8 Å². The van der Waals surface area contributed by atoms with Crippen LogP contribution in [0.5, 0.6) is 5.75 Å². The van der Waals surface area contributed by atoms with Crippen LogP contribution in [0.2, 0.25) is 0 Å². The van der Waals surface area contributed by atoms with E-state index in [4.69, 9.17) is 9.47 Å². The molecule has 3 nitrogen and oxygen atoms in total. The van der Waals surface area contributed by atoms with E-state index in [0.717, 1.165) is 38.6 Å². The van der Waals surface area contributed by atoms with Gasteiger partial charge in [0.05, 0.1) is 13.2 Å². The Hall–Kier alpha value is -1.03. The van der Waals surface area contributed by atoms with Gasteiger partial charge in [-0.25, -0.2) is 0 Å². The van der Waals surface area contributed by atoms with Crippen molar-refractivity contribution in [2.75, 3.05) is 39.5 Å². The van der Waals surface area contributed by atoms with Crippen molar-refractivity contribution in [2.24, 2.45) is 0 Å². The molecule has 118 valence electrons. The maximum Gasteiger partial charge on any atom is 0.125 e. The fourth-order valence-electron chi connectivity index (χ4n) is 2.60. The van der Waals surface area contributed by atoms with Crippen molar-refractivity contribution in [2.45, 2.75) is 20.8 Å². The fourth-order valence-corrected chi connectivity index (χ4v) is 2.60. The first-order valence-electron chi connectivity index (χ1n) is 7.32. The molecule has 1 aliphatic heterocycles. The molecule has 0 saturated carbocycles. The first-order chi connectivity index (χ1) is 9.66. The molecular weight excluding hydrogens is 286 g/mol. The lowest BCUT2D eigenvalue weighted by Gasteiger charge is -2.25. The van der Waals surface area contributed by atoms with Gasteiger partial charge < -0.3 is 9.47 Å². The summed E-state index contributed by atoms with van der Waals surface area (Å²) in [4.78, 5) is 2.39. The Kier molecular flexibility index (Phi) is 7.79. The van der Waals surface area contributed by atoms with E-state index in [2.05, 4.69) is 50.0 Å². The quantitative estimate of drug-likeness (QED) is 0.779. The Balaban J connectivity index is 0.00000220. The van der Waals surface area contributed by atoms with Gasteiger partial charge in [-0.15, -0.1) is 12.4 Å². The molecular formula is C17H26ClNO2. The van der Waals surface area contributed by atoms with Crippen molar-refractivity contribution in [3.63, 3.8) is 0 Å². The Morgan fingerprint density at radius 3 is 2.33 bits per heavy atom. The second-order valence-corrected chi connectivity index (χ2v) is 5.42. The molecule has 4 heteroatoms. The van der Waals surface area contributed by atoms with E-state index >= 15 is 0 Å². The summed E-state index contributed by atoms with van der Waals surface area (Å²) in [5.41, 5.74) is 3.71. The van der Waals surface area contributed by atoms with E-state index in [1.807, 2.05) is 0 Å². The molecule has 1 heterocycles. The highest BCUT2D eigenvalue weighted by Gasteiger charge is 2.07. The third kappa shape index (κ3) is 5.70. The summed E-state index contributed by atoms with van der Waals surface area (Å²) in [6.07, 6.45) is 4.29. The number of benzene rings is 1. The maximum absolute atomic E-state index is 5.88. The van der Waals surface area contributed by atoms with Gasteiger partial charge >= 0.3 is 0 Å². The monoisotopic (exact) mass is 311 g/mol. The lowest BCUT2D eigenvalue weighted by Crippen LogP contribution is -2.36.